The van der Waals surface area contributed by atoms with Crippen LogP contribution in [0.25, 0.3) is 0 Å². The number of anilines is 2. The molecule has 0 bridgehead atoms. The van der Waals surface area contributed by atoms with E-state index < -0.39 is 0 Å². The van der Waals surface area contributed by atoms with Crippen LogP contribution in [0.3, 0.4) is 0 Å². The van der Waals surface area contributed by atoms with Gasteiger partial charge in [0.25, 0.3) is 5.91 Å². The molecule has 0 aromatic heterocycles. The maximum absolute atomic E-state index is 12.5. The number of halogens is 2. The molecule has 0 spiro atoms. The minimum atomic E-state index is -0.268. The number of thioether (sulfide) groups is 1. The Morgan fingerprint density at radius 3 is 2.38 bits per heavy atom. The van der Waals surface area contributed by atoms with Gasteiger partial charge in [0.1, 0.15) is 11.5 Å². The average Bonchev–Trinajstić information content (AvgIpc) is 2.78. The standard InChI is InChI=1S/C23H20Cl2N2O4S/c1-30-20-12-21(31-2)19(11-18(20)25)27-22(28)13-32-17-8-4-7-16(10-17)26-23(29)14-5-3-6-15(24)9-14/h3-12H,13H2,1-2H3,(H,26,29)(H,27,28). The van der Waals surface area contributed by atoms with Crippen LogP contribution in [-0.2, 0) is 4.79 Å². The number of nitrogens with one attached hydrogen (secondary N) is 2. The van der Waals surface area contributed by atoms with Crippen LogP contribution in [-0.4, -0.2) is 31.8 Å². The molecule has 32 heavy (non-hydrogen) atoms. The maximum atomic E-state index is 12.5. The van der Waals surface area contributed by atoms with Crippen molar-refractivity contribution < 1.29 is 19.1 Å². The predicted octanol–water partition coefficient (Wildman–Crippen LogP) is 5.99. The summed E-state index contributed by atoms with van der Waals surface area (Å²) in [6, 6.07) is 17.1. The first-order valence-corrected chi connectivity index (χ1v) is 11.1. The molecule has 0 atom stereocenters. The summed E-state index contributed by atoms with van der Waals surface area (Å²) in [7, 11) is 3.00. The summed E-state index contributed by atoms with van der Waals surface area (Å²) in [5.41, 5.74) is 1.53. The fourth-order valence-electron chi connectivity index (χ4n) is 2.79. The summed E-state index contributed by atoms with van der Waals surface area (Å²) in [6.07, 6.45) is 0. The number of benzene rings is 3. The highest BCUT2D eigenvalue weighted by Gasteiger charge is 2.13. The Bertz CT molecular complexity index is 1140. The number of hydrogen-bond acceptors (Lipinski definition) is 5. The normalized spacial score (nSPS) is 10.4. The van der Waals surface area contributed by atoms with E-state index in [1.54, 1.807) is 54.6 Å². The third-order valence-electron chi connectivity index (χ3n) is 4.30. The first-order chi connectivity index (χ1) is 15.4. The minimum absolute atomic E-state index is 0.151. The van der Waals surface area contributed by atoms with Crippen LogP contribution in [0.5, 0.6) is 11.5 Å². The van der Waals surface area contributed by atoms with Gasteiger partial charge in [0, 0.05) is 27.2 Å². The number of methoxy groups -OCH3 is 2. The van der Waals surface area contributed by atoms with Crippen LogP contribution >= 0.6 is 35.0 Å². The number of ether oxygens (including phenoxy) is 2. The third kappa shape index (κ3) is 6.32. The van der Waals surface area contributed by atoms with Gasteiger partial charge >= 0.3 is 0 Å². The Hall–Kier alpha value is -2.87. The Morgan fingerprint density at radius 2 is 1.66 bits per heavy atom. The molecule has 2 amide bonds. The molecule has 2 N–H and O–H groups in total. The third-order valence-corrected chi connectivity index (χ3v) is 5.82. The first-order valence-electron chi connectivity index (χ1n) is 9.40. The van der Waals surface area contributed by atoms with E-state index in [9.17, 15) is 9.59 Å². The summed E-state index contributed by atoms with van der Waals surface area (Å²) in [5.74, 6) is 0.542. The lowest BCUT2D eigenvalue weighted by atomic mass is 10.2. The molecule has 0 unspecified atom stereocenters. The van der Waals surface area contributed by atoms with Gasteiger partial charge in [-0.05, 0) is 42.5 Å². The Morgan fingerprint density at radius 1 is 0.906 bits per heavy atom. The lowest BCUT2D eigenvalue weighted by Gasteiger charge is -2.13. The fourth-order valence-corrected chi connectivity index (χ4v) is 3.98. The van der Waals surface area contributed by atoms with Gasteiger partial charge in [-0.15, -0.1) is 11.8 Å². The predicted molar refractivity (Wildman–Crippen MR) is 130 cm³/mol. The zero-order valence-corrected chi connectivity index (χ0v) is 19.6. The van der Waals surface area contributed by atoms with Crippen molar-refractivity contribution in [3.8, 4) is 11.5 Å². The number of amides is 2. The summed E-state index contributed by atoms with van der Waals surface area (Å²) in [6.45, 7) is 0. The van der Waals surface area contributed by atoms with Crippen molar-refractivity contribution in [2.24, 2.45) is 0 Å². The molecule has 0 heterocycles. The monoisotopic (exact) mass is 490 g/mol. The van der Waals surface area contributed by atoms with E-state index in [1.807, 2.05) is 6.07 Å². The average molecular weight is 491 g/mol. The second-order valence-electron chi connectivity index (χ2n) is 6.52. The Labute approximate surface area is 200 Å². The van der Waals surface area contributed by atoms with Crippen molar-refractivity contribution in [1.82, 2.24) is 0 Å². The smallest absolute Gasteiger partial charge is 0.255 e. The van der Waals surface area contributed by atoms with E-state index in [-0.39, 0.29) is 17.6 Å². The van der Waals surface area contributed by atoms with Gasteiger partial charge in [-0.2, -0.15) is 0 Å². The maximum Gasteiger partial charge on any atom is 0.255 e. The molecule has 0 radical (unpaired) electrons. The largest absolute Gasteiger partial charge is 0.495 e. The Kier molecular flexibility index (Phi) is 8.27. The molecule has 6 nitrogen and oxygen atoms in total. The number of rotatable bonds is 8. The van der Waals surface area contributed by atoms with Crippen molar-refractivity contribution in [3.63, 3.8) is 0 Å². The van der Waals surface area contributed by atoms with E-state index in [2.05, 4.69) is 10.6 Å². The topological polar surface area (TPSA) is 76.7 Å². The number of carbonyl (C=O) groups excluding carboxylic acids is 2. The van der Waals surface area contributed by atoms with Gasteiger partial charge < -0.3 is 20.1 Å². The number of carbonyl (C=O) groups is 2. The van der Waals surface area contributed by atoms with E-state index in [0.29, 0.717) is 38.5 Å². The fraction of sp³-hybridized carbons (Fsp3) is 0.130. The van der Waals surface area contributed by atoms with Crippen LogP contribution < -0.4 is 20.1 Å². The molecule has 3 aromatic rings. The summed E-state index contributed by atoms with van der Waals surface area (Å²) in [4.78, 5) is 25.7. The van der Waals surface area contributed by atoms with Crippen molar-refractivity contribution in [2.45, 2.75) is 4.90 Å². The van der Waals surface area contributed by atoms with Gasteiger partial charge in [0.2, 0.25) is 5.91 Å². The summed E-state index contributed by atoms with van der Waals surface area (Å²) in [5, 5.41) is 6.47. The summed E-state index contributed by atoms with van der Waals surface area (Å²) >= 11 is 13.4. The van der Waals surface area contributed by atoms with Gasteiger partial charge in [0.15, 0.2) is 0 Å². The van der Waals surface area contributed by atoms with Gasteiger partial charge in [-0.1, -0.05) is 35.3 Å². The molecule has 166 valence electrons. The molecule has 0 aliphatic carbocycles. The van der Waals surface area contributed by atoms with Crippen molar-refractivity contribution >= 4 is 58.2 Å². The zero-order chi connectivity index (χ0) is 23.1. The highest BCUT2D eigenvalue weighted by Crippen LogP contribution is 2.36. The van der Waals surface area contributed by atoms with Crippen molar-refractivity contribution in [2.75, 3.05) is 30.6 Å². The van der Waals surface area contributed by atoms with Crippen LogP contribution in [0.2, 0.25) is 10.0 Å². The van der Waals surface area contributed by atoms with Crippen LogP contribution in [0.15, 0.2) is 65.6 Å². The van der Waals surface area contributed by atoms with Crippen molar-refractivity contribution in [3.05, 3.63) is 76.3 Å². The lowest BCUT2D eigenvalue weighted by molar-refractivity contribution is -0.113. The second kappa shape index (κ2) is 11.1. The van der Waals surface area contributed by atoms with Crippen LogP contribution in [0.4, 0.5) is 11.4 Å². The van der Waals surface area contributed by atoms with Crippen LogP contribution in [0.1, 0.15) is 10.4 Å². The van der Waals surface area contributed by atoms with E-state index in [0.717, 1.165) is 4.90 Å². The molecule has 0 aliphatic rings. The Balaban J connectivity index is 1.61. The molecule has 9 heteroatoms. The molecular weight excluding hydrogens is 471 g/mol. The molecule has 0 aliphatic heterocycles. The molecule has 0 fully saturated rings. The summed E-state index contributed by atoms with van der Waals surface area (Å²) < 4.78 is 10.5. The van der Waals surface area contributed by atoms with Gasteiger partial charge in [-0.3, -0.25) is 9.59 Å². The quantitative estimate of drug-likeness (QED) is 0.379. The molecular formula is C23H20Cl2N2O4S. The first kappa shape index (κ1) is 23.8. The highest BCUT2D eigenvalue weighted by molar-refractivity contribution is 8.00. The van der Waals surface area contributed by atoms with Crippen molar-refractivity contribution in [1.29, 1.82) is 0 Å². The van der Waals surface area contributed by atoms with Crippen LogP contribution in [0, 0.1) is 0 Å². The van der Waals surface area contributed by atoms with Gasteiger partial charge in [0.05, 0.1) is 30.7 Å². The SMILES string of the molecule is COc1cc(OC)c(NC(=O)CSc2cccc(NC(=O)c3cccc(Cl)c3)c2)cc1Cl. The van der Waals surface area contributed by atoms with E-state index in [4.69, 9.17) is 32.7 Å². The minimum Gasteiger partial charge on any atom is -0.495 e. The van der Waals surface area contributed by atoms with E-state index in [1.165, 1.54) is 26.0 Å². The highest BCUT2D eigenvalue weighted by atomic mass is 35.5. The van der Waals surface area contributed by atoms with Gasteiger partial charge in [-0.25, -0.2) is 0 Å². The second-order valence-corrected chi connectivity index (χ2v) is 8.41. The lowest BCUT2D eigenvalue weighted by Crippen LogP contribution is -2.15. The molecule has 0 saturated heterocycles. The molecule has 3 rings (SSSR count). The number of hydrogen-bond donors (Lipinski definition) is 2. The molecule has 0 saturated carbocycles. The molecule has 3 aromatic carbocycles. The van der Waals surface area contributed by atoms with E-state index >= 15 is 0 Å². The zero-order valence-electron chi connectivity index (χ0n) is 17.3.